The second kappa shape index (κ2) is 9.77. The summed E-state index contributed by atoms with van der Waals surface area (Å²) >= 11 is 12.6. The van der Waals surface area contributed by atoms with Crippen LogP contribution >= 0.6 is 23.2 Å². The van der Waals surface area contributed by atoms with Crippen LogP contribution in [0.25, 0.3) is 10.9 Å². The van der Waals surface area contributed by atoms with Gasteiger partial charge in [-0.1, -0.05) is 34.5 Å². The lowest BCUT2D eigenvalue weighted by molar-refractivity contribution is 0.628. The van der Waals surface area contributed by atoms with Crippen molar-refractivity contribution in [2.75, 3.05) is 10.6 Å². The van der Waals surface area contributed by atoms with Crippen LogP contribution in [0.15, 0.2) is 61.2 Å². The molecule has 0 radical (unpaired) electrons. The van der Waals surface area contributed by atoms with E-state index in [4.69, 9.17) is 23.2 Å². The van der Waals surface area contributed by atoms with Crippen molar-refractivity contribution in [1.82, 2.24) is 25.4 Å². The zero-order valence-corrected chi connectivity index (χ0v) is 20.2. The number of hydrogen-bond donors (Lipinski definition) is 3. The highest BCUT2D eigenvalue weighted by molar-refractivity contribution is 6.36. The normalized spacial score (nSPS) is 11.8. The third-order valence-corrected chi connectivity index (χ3v) is 6.08. The summed E-state index contributed by atoms with van der Waals surface area (Å²) < 4.78 is 13.7. The molecule has 8 nitrogen and oxygen atoms in total. The summed E-state index contributed by atoms with van der Waals surface area (Å²) in [7, 11) is 0. The molecule has 0 saturated heterocycles. The molecule has 1 atom stereocenters. The van der Waals surface area contributed by atoms with Gasteiger partial charge in [0.2, 0.25) is 0 Å². The minimum atomic E-state index is -0.540. The number of H-pyrrole nitrogens is 1. The van der Waals surface area contributed by atoms with E-state index in [0.717, 1.165) is 11.1 Å². The highest BCUT2D eigenvalue weighted by atomic mass is 35.5. The molecule has 0 aliphatic carbocycles. The number of aromatic nitrogens is 5. The summed E-state index contributed by atoms with van der Waals surface area (Å²) in [6, 6.07) is 11.6. The Bertz CT molecular complexity index is 1620. The molecule has 0 bridgehead atoms. The first-order chi connectivity index (χ1) is 17.4. The maximum Gasteiger partial charge on any atom is 0.141 e. The molecule has 1 unspecified atom stereocenters. The molecule has 0 fully saturated rings. The molecule has 36 heavy (non-hydrogen) atoms. The van der Waals surface area contributed by atoms with Crippen molar-refractivity contribution in [2.24, 2.45) is 0 Å². The summed E-state index contributed by atoms with van der Waals surface area (Å²) in [5.74, 6) is -0.540. The van der Waals surface area contributed by atoms with Crippen LogP contribution in [0.1, 0.15) is 28.4 Å². The summed E-state index contributed by atoms with van der Waals surface area (Å²) in [6.07, 6.45) is 6.66. The standard InChI is InChI=1S/C25H17Cl2FN8/c1-13-4-14(10-30-9-13)24(22-12-32-36-35-22)34-17-5-18-23(33-16-2-3-21(28)19(26)6-16)15(8-29)11-31-25(18)20(27)7-17/h2-7,9-12,24,34H,1H3,(H,31,33)(H,32,35,36). The van der Waals surface area contributed by atoms with E-state index in [1.807, 2.05) is 19.1 Å². The molecule has 5 rings (SSSR count). The topological polar surface area (TPSA) is 115 Å². The van der Waals surface area contributed by atoms with Gasteiger partial charge >= 0.3 is 0 Å². The van der Waals surface area contributed by atoms with Crippen LogP contribution in [0.5, 0.6) is 0 Å². The maximum atomic E-state index is 13.7. The Morgan fingerprint density at radius 2 is 1.89 bits per heavy atom. The molecule has 5 aromatic rings. The van der Waals surface area contributed by atoms with Crippen molar-refractivity contribution < 1.29 is 4.39 Å². The van der Waals surface area contributed by atoms with Crippen molar-refractivity contribution in [2.45, 2.75) is 13.0 Å². The van der Waals surface area contributed by atoms with E-state index in [0.29, 0.717) is 38.7 Å². The molecule has 0 amide bonds. The number of halogens is 3. The lowest BCUT2D eigenvalue weighted by atomic mass is 10.0. The largest absolute Gasteiger partial charge is 0.373 e. The fourth-order valence-electron chi connectivity index (χ4n) is 3.86. The summed E-state index contributed by atoms with van der Waals surface area (Å²) in [5, 5.41) is 28.1. The average molecular weight is 519 g/mol. The molecule has 0 spiro atoms. The maximum absolute atomic E-state index is 13.7. The minimum absolute atomic E-state index is 0.0422. The second-order valence-electron chi connectivity index (χ2n) is 8.04. The third kappa shape index (κ3) is 4.64. The number of rotatable bonds is 6. The SMILES string of the molecule is Cc1cncc(C(Nc2cc(Cl)c3ncc(C#N)c(Nc4ccc(F)c(Cl)c4)c3c2)c2c[nH]nn2)c1. The summed E-state index contributed by atoms with van der Waals surface area (Å²) in [6.45, 7) is 1.96. The first-order valence-corrected chi connectivity index (χ1v) is 11.5. The van der Waals surface area contributed by atoms with Crippen molar-refractivity contribution in [3.05, 3.63) is 99.4 Å². The molecular weight excluding hydrogens is 502 g/mol. The predicted octanol–water partition coefficient (Wildman–Crippen LogP) is 6.32. The van der Waals surface area contributed by atoms with E-state index in [9.17, 15) is 9.65 Å². The zero-order valence-electron chi connectivity index (χ0n) is 18.7. The fraction of sp³-hybridized carbons (Fsp3) is 0.0800. The van der Waals surface area contributed by atoms with Gasteiger partial charge in [0.1, 0.15) is 17.6 Å². The van der Waals surface area contributed by atoms with Crippen LogP contribution < -0.4 is 10.6 Å². The smallest absolute Gasteiger partial charge is 0.141 e. The third-order valence-electron chi connectivity index (χ3n) is 5.51. The zero-order chi connectivity index (χ0) is 25.2. The van der Waals surface area contributed by atoms with Gasteiger partial charge in [-0.25, -0.2) is 4.39 Å². The molecule has 2 aromatic carbocycles. The molecule has 0 aliphatic rings. The van der Waals surface area contributed by atoms with Crippen molar-refractivity contribution >= 4 is 51.2 Å². The number of aryl methyl sites for hydroxylation is 1. The van der Waals surface area contributed by atoms with Crippen LogP contribution in [-0.4, -0.2) is 25.4 Å². The Morgan fingerprint density at radius 3 is 2.61 bits per heavy atom. The number of nitrogens with one attached hydrogen (secondary N) is 3. The van der Waals surface area contributed by atoms with Gasteiger partial charge in [-0.2, -0.15) is 5.26 Å². The Hall–Kier alpha value is -4.26. The molecule has 3 aromatic heterocycles. The van der Waals surface area contributed by atoms with Gasteiger partial charge in [-0.3, -0.25) is 15.1 Å². The number of hydrogen-bond acceptors (Lipinski definition) is 7. The highest BCUT2D eigenvalue weighted by Crippen LogP contribution is 2.37. The first-order valence-electron chi connectivity index (χ1n) is 10.7. The van der Waals surface area contributed by atoms with E-state index < -0.39 is 5.82 Å². The van der Waals surface area contributed by atoms with E-state index in [1.54, 1.807) is 24.7 Å². The van der Waals surface area contributed by atoms with Crippen LogP contribution in [-0.2, 0) is 0 Å². The monoisotopic (exact) mass is 518 g/mol. The predicted molar refractivity (Wildman–Crippen MR) is 137 cm³/mol. The van der Waals surface area contributed by atoms with Crippen molar-refractivity contribution in [3.63, 3.8) is 0 Å². The molecular formula is C25H17Cl2FN8. The lowest BCUT2D eigenvalue weighted by Crippen LogP contribution is -2.13. The van der Waals surface area contributed by atoms with Gasteiger partial charge in [-0.15, -0.1) is 5.10 Å². The minimum Gasteiger partial charge on any atom is -0.373 e. The van der Waals surface area contributed by atoms with E-state index in [2.05, 4.69) is 42.1 Å². The van der Waals surface area contributed by atoms with Gasteiger partial charge in [0, 0.05) is 41.5 Å². The van der Waals surface area contributed by atoms with Gasteiger partial charge in [-0.05, 0) is 48.4 Å². The Kier molecular flexibility index (Phi) is 6.38. The van der Waals surface area contributed by atoms with Gasteiger partial charge < -0.3 is 10.6 Å². The lowest BCUT2D eigenvalue weighted by Gasteiger charge is -2.20. The van der Waals surface area contributed by atoms with Crippen molar-refractivity contribution in [1.29, 1.82) is 5.26 Å². The van der Waals surface area contributed by atoms with E-state index >= 15 is 0 Å². The highest BCUT2D eigenvalue weighted by Gasteiger charge is 2.20. The number of nitriles is 1. The van der Waals surface area contributed by atoms with Crippen LogP contribution in [0.3, 0.4) is 0 Å². The van der Waals surface area contributed by atoms with Crippen LogP contribution in [0, 0.1) is 24.1 Å². The quantitative estimate of drug-likeness (QED) is 0.241. The molecule has 0 saturated carbocycles. The van der Waals surface area contributed by atoms with E-state index in [1.165, 1.54) is 24.4 Å². The first kappa shape index (κ1) is 23.5. The molecule has 178 valence electrons. The average Bonchev–Trinajstić information content (AvgIpc) is 3.40. The number of fused-ring (bicyclic) bond motifs is 1. The number of benzene rings is 2. The number of anilines is 3. The Balaban J connectivity index is 1.62. The van der Waals surface area contributed by atoms with E-state index in [-0.39, 0.29) is 16.6 Å². The van der Waals surface area contributed by atoms with Gasteiger partial charge in [0.15, 0.2) is 0 Å². The van der Waals surface area contributed by atoms with Crippen molar-refractivity contribution in [3.8, 4) is 6.07 Å². The summed E-state index contributed by atoms with van der Waals surface area (Å²) in [4.78, 5) is 8.68. The number of nitrogens with zero attached hydrogens (tertiary/aromatic N) is 5. The molecule has 3 heterocycles. The number of pyridine rings is 2. The van der Waals surface area contributed by atoms with Crippen LogP contribution in [0.4, 0.5) is 21.5 Å². The molecule has 3 N–H and O–H groups in total. The fourth-order valence-corrected chi connectivity index (χ4v) is 4.31. The Morgan fingerprint density at radius 1 is 1.06 bits per heavy atom. The number of aromatic amines is 1. The molecule has 11 heteroatoms. The van der Waals surface area contributed by atoms with Gasteiger partial charge in [0.25, 0.3) is 0 Å². The Labute approximate surface area is 215 Å². The second-order valence-corrected chi connectivity index (χ2v) is 8.85. The van der Waals surface area contributed by atoms with Crippen LogP contribution in [0.2, 0.25) is 10.0 Å². The summed E-state index contributed by atoms with van der Waals surface area (Å²) in [5.41, 5.74) is 4.92. The van der Waals surface area contributed by atoms with Gasteiger partial charge in [0.05, 0.1) is 32.9 Å². The molecule has 0 aliphatic heterocycles.